The van der Waals surface area contributed by atoms with Crippen LogP contribution in [0.4, 0.5) is 13.6 Å². The summed E-state index contributed by atoms with van der Waals surface area (Å²) in [5, 5.41) is 9.86. The number of benzene rings is 2. The summed E-state index contributed by atoms with van der Waals surface area (Å²) < 4.78 is 39.4. The van der Waals surface area contributed by atoms with Crippen LogP contribution in [-0.2, 0) is 11.2 Å². The van der Waals surface area contributed by atoms with E-state index >= 15 is 0 Å². The van der Waals surface area contributed by atoms with E-state index in [0.29, 0.717) is 37.7 Å². The van der Waals surface area contributed by atoms with Crippen LogP contribution in [0.25, 0.3) is 0 Å². The second-order valence-electron chi connectivity index (χ2n) is 10.2. The summed E-state index contributed by atoms with van der Waals surface area (Å²) in [6, 6.07) is 12.6. The number of urea groups is 1. The van der Waals surface area contributed by atoms with Gasteiger partial charge >= 0.3 is 12.0 Å². The van der Waals surface area contributed by atoms with E-state index in [1.165, 1.54) is 12.6 Å². The van der Waals surface area contributed by atoms with Crippen LogP contribution >= 0.6 is 0 Å². The normalized spacial score (nSPS) is 16.1. The molecule has 0 bridgehead atoms. The third-order valence-corrected chi connectivity index (χ3v) is 7.52. The van der Waals surface area contributed by atoms with Gasteiger partial charge in [-0.1, -0.05) is 30.3 Å². The van der Waals surface area contributed by atoms with E-state index in [1.807, 2.05) is 70.2 Å². The molecule has 1 saturated carbocycles. The van der Waals surface area contributed by atoms with Gasteiger partial charge in [-0.3, -0.25) is 0 Å². The number of carboxylic acids is 1. The molecular weight excluding hydrogens is 506 g/mol. The zero-order chi connectivity index (χ0) is 28.8. The largest absolute Gasteiger partial charge is 0.493 e. The van der Waals surface area contributed by atoms with Gasteiger partial charge in [-0.05, 0) is 70.2 Å². The number of carbonyl (C=O) groups is 2. The molecule has 1 atom stereocenters. The van der Waals surface area contributed by atoms with Gasteiger partial charge in [-0.2, -0.15) is 0 Å². The van der Waals surface area contributed by atoms with Crippen molar-refractivity contribution in [2.75, 3.05) is 26.8 Å². The Bertz CT molecular complexity index is 1110. The summed E-state index contributed by atoms with van der Waals surface area (Å²) in [6.07, 6.45) is 0.473. The molecule has 2 aromatic carbocycles. The van der Waals surface area contributed by atoms with Gasteiger partial charge in [0, 0.05) is 32.0 Å². The van der Waals surface area contributed by atoms with Crippen LogP contribution in [0.5, 0.6) is 11.5 Å². The number of carboxylic acid groups (broad SMARTS) is 1. The highest BCUT2D eigenvalue weighted by atomic mass is 19.3. The van der Waals surface area contributed by atoms with Crippen LogP contribution in [0.2, 0.25) is 0 Å². The maximum absolute atomic E-state index is 13.9. The van der Waals surface area contributed by atoms with Gasteiger partial charge in [-0.15, -0.1) is 0 Å². The van der Waals surface area contributed by atoms with Crippen LogP contribution in [0, 0.1) is 6.92 Å². The molecule has 1 aliphatic carbocycles. The summed E-state index contributed by atoms with van der Waals surface area (Å²) in [7, 11) is 1.31. The molecular formula is C30H40F2N2O5. The van der Waals surface area contributed by atoms with Crippen LogP contribution in [0.15, 0.2) is 42.5 Å². The number of likely N-dealkylation sites (N-methyl/N-ethyl adjacent to an activating group) is 1. The van der Waals surface area contributed by atoms with E-state index in [9.17, 15) is 23.5 Å². The van der Waals surface area contributed by atoms with Gasteiger partial charge in [0.2, 0.25) is 0 Å². The van der Waals surface area contributed by atoms with Crippen molar-refractivity contribution in [3.63, 3.8) is 0 Å². The Morgan fingerprint density at radius 3 is 2.08 bits per heavy atom. The highest BCUT2D eigenvalue weighted by Crippen LogP contribution is 2.49. The van der Waals surface area contributed by atoms with Crippen LogP contribution in [0.3, 0.4) is 0 Å². The third kappa shape index (κ3) is 6.81. The van der Waals surface area contributed by atoms with E-state index in [4.69, 9.17) is 9.47 Å². The third-order valence-electron chi connectivity index (χ3n) is 7.52. The number of halogens is 2. The van der Waals surface area contributed by atoms with Crippen LogP contribution in [0.1, 0.15) is 69.2 Å². The molecule has 2 amide bonds. The van der Waals surface area contributed by atoms with Crippen molar-refractivity contribution in [2.45, 2.75) is 77.3 Å². The topological polar surface area (TPSA) is 79.3 Å². The first-order valence-electron chi connectivity index (χ1n) is 13.6. The average Bonchev–Trinajstić information content (AvgIpc) is 2.88. The fourth-order valence-corrected chi connectivity index (χ4v) is 5.14. The molecule has 0 heterocycles. The predicted octanol–water partition coefficient (Wildman–Crippen LogP) is 6.48. The van der Waals surface area contributed by atoms with Gasteiger partial charge in [0.1, 0.15) is 11.5 Å². The highest BCUT2D eigenvalue weighted by Gasteiger charge is 2.65. The summed E-state index contributed by atoms with van der Waals surface area (Å²) in [5.41, 5.74) is 0.834. The lowest BCUT2D eigenvalue weighted by Crippen LogP contribution is -2.68. The molecule has 0 aromatic heterocycles. The first kappa shape index (κ1) is 30.2. The van der Waals surface area contributed by atoms with Crippen molar-refractivity contribution in [1.82, 2.24) is 9.80 Å². The second-order valence-corrected chi connectivity index (χ2v) is 10.2. The fourth-order valence-electron chi connectivity index (χ4n) is 5.14. The minimum absolute atomic E-state index is 0.324. The van der Waals surface area contributed by atoms with E-state index < -0.39 is 42.3 Å². The van der Waals surface area contributed by atoms with Crippen molar-refractivity contribution in [2.24, 2.45) is 0 Å². The van der Waals surface area contributed by atoms with Crippen molar-refractivity contribution >= 4 is 12.0 Å². The molecule has 1 N–H and O–H groups in total. The lowest BCUT2D eigenvalue weighted by Gasteiger charge is -2.50. The SMILES string of the molecule is CCOc1cc(C(C)N(CCCCc2ccccc2)C(=O)N(C)C2(C(=O)O)CC(F)(F)C2)cc(OCC)c1C. The summed E-state index contributed by atoms with van der Waals surface area (Å²) >= 11 is 0. The van der Waals surface area contributed by atoms with E-state index in [1.54, 1.807) is 4.90 Å². The molecule has 214 valence electrons. The lowest BCUT2D eigenvalue weighted by molar-refractivity contribution is -0.192. The number of rotatable bonds is 13. The zero-order valence-corrected chi connectivity index (χ0v) is 23.5. The van der Waals surface area contributed by atoms with Crippen LogP contribution < -0.4 is 9.47 Å². The van der Waals surface area contributed by atoms with Crippen molar-refractivity contribution in [3.05, 3.63) is 59.2 Å². The Balaban J connectivity index is 1.90. The van der Waals surface area contributed by atoms with E-state index in [-0.39, 0.29) is 0 Å². The monoisotopic (exact) mass is 546 g/mol. The lowest BCUT2D eigenvalue weighted by atomic mass is 9.72. The smallest absolute Gasteiger partial charge is 0.330 e. The van der Waals surface area contributed by atoms with Gasteiger partial charge in [0.05, 0.1) is 19.3 Å². The van der Waals surface area contributed by atoms with Crippen molar-refractivity contribution in [3.8, 4) is 11.5 Å². The number of amides is 2. The minimum Gasteiger partial charge on any atom is -0.493 e. The average molecular weight is 547 g/mol. The van der Waals surface area contributed by atoms with Gasteiger partial charge in [0.25, 0.3) is 5.92 Å². The van der Waals surface area contributed by atoms with Crippen molar-refractivity contribution < 1.29 is 33.0 Å². The van der Waals surface area contributed by atoms with Gasteiger partial charge < -0.3 is 24.4 Å². The summed E-state index contributed by atoms with van der Waals surface area (Å²) in [5.74, 6) is -3.27. The number of alkyl halides is 2. The standard InChI is InChI=1S/C30H40F2N2O5/c1-6-38-25-17-24(18-26(21(25)3)39-7-2)22(4)34(16-12-11-15-23-13-9-8-10-14-23)28(37)33(5)29(27(35)36)19-30(31,32)20-29/h8-10,13-14,17-18,22H,6-7,11-12,15-16,19-20H2,1-5H3,(H,35,36). The van der Waals surface area contributed by atoms with Crippen LogP contribution in [-0.4, -0.2) is 65.2 Å². The van der Waals surface area contributed by atoms with E-state index in [0.717, 1.165) is 28.9 Å². The Labute approximate surface area is 229 Å². The molecule has 0 radical (unpaired) electrons. The predicted molar refractivity (Wildman–Crippen MR) is 146 cm³/mol. The summed E-state index contributed by atoms with van der Waals surface area (Å²) in [4.78, 5) is 28.5. The van der Waals surface area contributed by atoms with Gasteiger partial charge in [-0.25, -0.2) is 18.4 Å². The Morgan fingerprint density at radius 1 is 1.03 bits per heavy atom. The molecule has 2 aromatic rings. The number of nitrogens with zero attached hydrogens (tertiary/aromatic N) is 2. The number of unbranched alkanes of at least 4 members (excludes halogenated alkanes) is 1. The molecule has 9 heteroatoms. The highest BCUT2D eigenvalue weighted by molar-refractivity contribution is 5.87. The number of hydrogen-bond donors (Lipinski definition) is 1. The molecule has 0 saturated heterocycles. The molecule has 1 aliphatic rings. The number of hydrogen-bond acceptors (Lipinski definition) is 4. The first-order chi connectivity index (χ1) is 18.5. The molecule has 3 rings (SSSR count). The molecule has 39 heavy (non-hydrogen) atoms. The van der Waals surface area contributed by atoms with Crippen molar-refractivity contribution in [1.29, 1.82) is 0 Å². The number of aryl methyl sites for hydroxylation is 1. The Morgan fingerprint density at radius 2 is 1.59 bits per heavy atom. The number of ether oxygens (including phenoxy) is 2. The fraction of sp³-hybridized carbons (Fsp3) is 0.533. The minimum atomic E-state index is -3.12. The number of carbonyl (C=O) groups excluding carboxylic acids is 1. The van der Waals surface area contributed by atoms with E-state index in [2.05, 4.69) is 0 Å². The maximum atomic E-state index is 13.9. The molecule has 1 fully saturated rings. The van der Waals surface area contributed by atoms with Gasteiger partial charge in [0.15, 0.2) is 5.54 Å². The second kappa shape index (κ2) is 12.7. The molecule has 0 aliphatic heterocycles. The maximum Gasteiger partial charge on any atom is 0.330 e. The Hall–Kier alpha value is -3.36. The molecule has 1 unspecified atom stereocenters. The zero-order valence-electron chi connectivity index (χ0n) is 23.5. The first-order valence-corrected chi connectivity index (χ1v) is 13.6. The molecule has 0 spiro atoms. The quantitative estimate of drug-likeness (QED) is 0.291. The number of aliphatic carboxylic acids is 1. The Kier molecular flexibility index (Phi) is 9.80. The molecule has 7 nitrogen and oxygen atoms in total. The summed E-state index contributed by atoms with van der Waals surface area (Å²) in [6.45, 7) is 8.74.